The molecule has 1 aromatic heterocycles. The number of allylic oxidation sites excluding steroid dienone is 3. The van der Waals surface area contributed by atoms with Crippen LogP contribution in [0.5, 0.6) is 0 Å². The number of halogens is 6. The summed E-state index contributed by atoms with van der Waals surface area (Å²) < 4.78 is 65.9. The number of hydrogen-bond acceptors (Lipinski definition) is 5. The zero-order chi connectivity index (χ0) is 22.8. The van der Waals surface area contributed by atoms with Gasteiger partial charge in [-0.1, -0.05) is 37.1 Å². The van der Waals surface area contributed by atoms with E-state index < -0.39 is 15.1 Å². The molecule has 164 valence electrons. The van der Waals surface area contributed by atoms with Crippen molar-refractivity contribution in [3.05, 3.63) is 58.9 Å². The molecule has 0 saturated carbocycles. The van der Waals surface area contributed by atoms with E-state index in [9.17, 15) is 19.4 Å². The maximum absolute atomic E-state index is 13.2. The van der Waals surface area contributed by atoms with Crippen molar-refractivity contribution < 1.29 is 19.4 Å². The van der Waals surface area contributed by atoms with Crippen molar-refractivity contribution >= 4 is 46.0 Å². The molecule has 1 aromatic carbocycles. The molecule has 0 spiro atoms. The van der Waals surface area contributed by atoms with E-state index >= 15 is 0 Å². The number of nitrogens with two attached hydrogens (primary N) is 1. The number of aromatic nitrogens is 2. The van der Waals surface area contributed by atoms with Gasteiger partial charge in [-0.05, 0) is 56.5 Å². The average molecular weight is 468 g/mol. The fourth-order valence-electron chi connectivity index (χ4n) is 2.57. The highest BCUT2D eigenvalue weighted by Crippen LogP contribution is 3.02. The first-order chi connectivity index (χ1) is 13.7. The number of nitrogens with zero attached hydrogens (tertiary/aromatic N) is 4. The molecule has 12 heteroatoms. The van der Waals surface area contributed by atoms with Crippen LogP contribution < -0.4 is 10.6 Å². The van der Waals surface area contributed by atoms with Crippen molar-refractivity contribution in [1.29, 1.82) is 0 Å². The Morgan fingerprint density at radius 2 is 1.93 bits per heavy atom. The summed E-state index contributed by atoms with van der Waals surface area (Å²) in [5, 5.41) is 0.237. The normalized spacial score (nSPS) is 15.3. The summed E-state index contributed by atoms with van der Waals surface area (Å²) in [4.78, 5) is 11.2. The molecule has 5 nitrogen and oxygen atoms in total. The molecular formula is C18H19ClF5N5S. The summed E-state index contributed by atoms with van der Waals surface area (Å²) >= 11 is 6.19. The monoisotopic (exact) mass is 467 g/mol. The van der Waals surface area contributed by atoms with Crippen molar-refractivity contribution in [3.63, 3.8) is 0 Å². The largest absolute Gasteiger partial charge is 0.368 e. The van der Waals surface area contributed by atoms with Crippen molar-refractivity contribution in [2.75, 3.05) is 17.2 Å². The molecule has 0 atom stereocenters. The van der Waals surface area contributed by atoms with Crippen LogP contribution in [-0.4, -0.2) is 23.2 Å². The predicted molar refractivity (Wildman–Crippen MR) is 113 cm³/mol. The third-order valence-corrected chi connectivity index (χ3v) is 5.42. The molecular weight excluding hydrogens is 449 g/mol. The van der Waals surface area contributed by atoms with Gasteiger partial charge in [0.05, 0.1) is 17.3 Å². The Morgan fingerprint density at radius 3 is 2.43 bits per heavy atom. The summed E-state index contributed by atoms with van der Waals surface area (Å²) in [6, 6.07) is 3.12. The Balaban J connectivity index is 2.67. The van der Waals surface area contributed by atoms with Gasteiger partial charge < -0.3 is 10.6 Å². The molecule has 1 heterocycles. The van der Waals surface area contributed by atoms with Gasteiger partial charge in [0, 0.05) is 11.9 Å². The standard InChI is InChI=1S/C18H19ClF5N5S/c1-4-5-14(19)15(26-3)11-29(17-8-9-27-18(25)28-17)16-7-6-13(10-12(16)2)30(20,21,22,23)24/h4-10H,3,11H2,1-2H3,(H2,25,27,28)/b5-4-,15-14+. The quantitative estimate of drug-likeness (QED) is 0.273. The highest BCUT2D eigenvalue weighted by Gasteiger charge is 2.65. The van der Waals surface area contributed by atoms with E-state index in [0.717, 1.165) is 6.07 Å². The van der Waals surface area contributed by atoms with Gasteiger partial charge in [-0.2, -0.15) is 4.98 Å². The Kier molecular flexibility index (Phi) is 5.94. The first-order valence-electron chi connectivity index (χ1n) is 8.35. The number of hydrogen-bond donors (Lipinski definition) is 1. The van der Waals surface area contributed by atoms with E-state index in [2.05, 4.69) is 21.7 Å². The molecule has 0 aliphatic heterocycles. The molecule has 0 aliphatic rings. The number of benzene rings is 1. The van der Waals surface area contributed by atoms with Crippen LogP contribution in [0.25, 0.3) is 0 Å². The Labute approximate surface area is 175 Å². The van der Waals surface area contributed by atoms with E-state index in [1.807, 2.05) is 0 Å². The minimum Gasteiger partial charge on any atom is -0.368 e. The lowest BCUT2D eigenvalue weighted by atomic mass is 10.1. The van der Waals surface area contributed by atoms with Gasteiger partial charge in [0.1, 0.15) is 10.7 Å². The van der Waals surface area contributed by atoms with Crippen LogP contribution in [0.4, 0.5) is 36.9 Å². The number of aryl methyl sites for hydroxylation is 1. The van der Waals surface area contributed by atoms with Crippen molar-refractivity contribution in [2.24, 2.45) is 4.99 Å². The van der Waals surface area contributed by atoms with Gasteiger partial charge >= 0.3 is 10.2 Å². The van der Waals surface area contributed by atoms with Crippen molar-refractivity contribution in [2.45, 2.75) is 18.7 Å². The zero-order valence-corrected chi connectivity index (χ0v) is 17.6. The van der Waals surface area contributed by atoms with Gasteiger partial charge in [0.2, 0.25) is 5.95 Å². The summed E-state index contributed by atoms with van der Waals surface area (Å²) in [5.74, 6) is 0.118. The predicted octanol–water partition coefficient (Wildman–Crippen LogP) is 6.89. The minimum absolute atomic E-state index is 0.0662. The molecule has 2 aromatic rings. The van der Waals surface area contributed by atoms with E-state index in [0.29, 0.717) is 12.1 Å². The molecule has 0 unspecified atom stereocenters. The second-order valence-corrected chi connectivity index (χ2v) is 9.05. The molecule has 0 radical (unpaired) electrons. The molecule has 2 N–H and O–H groups in total. The summed E-state index contributed by atoms with van der Waals surface area (Å²) in [6.45, 7) is 6.39. The van der Waals surface area contributed by atoms with Crippen LogP contribution in [0, 0.1) is 6.92 Å². The highest BCUT2D eigenvalue weighted by atomic mass is 35.5. The molecule has 0 saturated heterocycles. The van der Waals surface area contributed by atoms with Crippen LogP contribution in [0.15, 0.2) is 63.2 Å². The molecule has 0 fully saturated rings. The maximum Gasteiger partial charge on any atom is 0.310 e. The smallest absolute Gasteiger partial charge is 0.310 e. The molecule has 30 heavy (non-hydrogen) atoms. The minimum atomic E-state index is -9.83. The van der Waals surface area contributed by atoms with E-state index in [1.54, 1.807) is 19.1 Å². The molecule has 0 bridgehead atoms. The van der Waals surface area contributed by atoms with Crippen molar-refractivity contribution in [1.82, 2.24) is 9.97 Å². The van der Waals surface area contributed by atoms with Gasteiger partial charge in [0.25, 0.3) is 0 Å². The third kappa shape index (κ3) is 5.70. The van der Waals surface area contributed by atoms with Crippen molar-refractivity contribution in [3.8, 4) is 0 Å². The topological polar surface area (TPSA) is 67.4 Å². The third-order valence-electron chi connectivity index (χ3n) is 3.93. The maximum atomic E-state index is 13.2. The Morgan fingerprint density at radius 1 is 1.27 bits per heavy atom. The highest BCUT2D eigenvalue weighted by molar-refractivity contribution is 8.45. The van der Waals surface area contributed by atoms with Crippen LogP contribution in [-0.2, 0) is 0 Å². The number of nitrogen functional groups attached to an aromatic ring is 1. The van der Waals surface area contributed by atoms with Gasteiger partial charge in [-0.25, -0.2) is 4.98 Å². The average Bonchev–Trinajstić information content (AvgIpc) is 2.61. The van der Waals surface area contributed by atoms with Gasteiger partial charge in [-0.3, -0.25) is 4.99 Å². The van der Waals surface area contributed by atoms with E-state index in [-0.39, 0.29) is 40.3 Å². The van der Waals surface area contributed by atoms with Crippen LogP contribution in [0.3, 0.4) is 0 Å². The van der Waals surface area contributed by atoms with Gasteiger partial charge in [0.15, 0.2) is 0 Å². The second-order valence-electron chi connectivity index (χ2n) is 6.23. The van der Waals surface area contributed by atoms with E-state index in [4.69, 9.17) is 17.3 Å². The zero-order valence-electron chi connectivity index (χ0n) is 16.0. The first-order valence-corrected chi connectivity index (χ1v) is 10.7. The van der Waals surface area contributed by atoms with E-state index in [1.165, 1.54) is 24.1 Å². The number of aliphatic imine (C=N–C) groups is 1. The first kappa shape index (κ1) is 23.6. The second kappa shape index (κ2) is 7.55. The fraction of sp³-hybridized carbons (Fsp3) is 0.167. The van der Waals surface area contributed by atoms with Crippen LogP contribution in [0.1, 0.15) is 12.5 Å². The van der Waals surface area contributed by atoms with Gasteiger partial charge in [-0.15, -0.1) is 0 Å². The Hall–Kier alpha value is -2.66. The Bertz CT molecular complexity index is 1040. The summed E-state index contributed by atoms with van der Waals surface area (Å²) in [7, 11) is -9.83. The lowest BCUT2D eigenvalue weighted by molar-refractivity contribution is 0.364. The molecule has 0 amide bonds. The van der Waals surface area contributed by atoms with Crippen LogP contribution >= 0.6 is 21.8 Å². The van der Waals surface area contributed by atoms with Crippen LogP contribution in [0.2, 0.25) is 0 Å². The molecule has 2 rings (SSSR count). The fourth-order valence-corrected chi connectivity index (χ4v) is 3.54. The molecule has 0 aliphatic carbocycles. The number of rotatable bonds is 7. The number of anilines is 3. The lowest BCUT2D eigenvalue weighted by Gasteiger charge is -2.41. The SMILES string of the molecule is C=N/C(CN(c1ccnc(N)n1)c1ccc(S(F)(F)(F)(F)F)cc1C)=C(Cl)\C=C/C. The summed E-state index contributed by atoms with van der Waals surface area (Å²) in [6.07, 6.45) is 4.57. The lowest BCUT2D eigenvalue weighted by Crippen LogP contribution is -2.23. The summed E-state index contributed by atoms with van der Waals surface area (Å²) in [5.41, 5.74) is 6.01.